The highest BCUT2D eigenvalue weighted by molar-refractivity contribution is 5.38. The first-order valence-corrected chi connectivity index (χ1v) is 7.53. The van der Waals surface area contributed by atoms with Crippen molar-refractivity contribution >= 4 is 0 Å². The lowest BCUT2D eigenvalue weighted by atomic mass is 9.74. The van der Waals surface area contributed by atoms with E-state index < -0.39 is 5.60 Å². The molecule has 0 unspecified atom stereocenters. The maximum absolute atomic E-state index is 11.0. The number of aliphatic hydroxyl groups is 1. The fourth-order valence-electron chi connectivity index (χ4n) is 3.04. The van der Waals surface area contributed by atoms with Crippen LogP contribution in [0.2, 0.25) is 0 Å². The molecule has 19 heavy (non-hydrogen) atoms. The van der Waals surface area contributed by atoms with Crippen LogP contribution in [0.4, 0.5) is 0 Å². The molecule has 2 heteroatoms. The van der Waals surface area contributed by atoms with Crippen LogP contribution in [0, 0.1) is 5.92 Å². The number of ether oxygens (including phenoxy) is 1. The Labute approximate surface area is 116 Å². The van der Waals surface area contributed by atoms with Crippen LogP contribution in [0.5, 0.6) is 5.75 Å². The molecule has 0 amide bonds. The topological polar surface area (TPSA) is 29.5 Å². The molecule has 0 saturated heterocycles. The quantitative estimate of drug-likeness (QED) is 0.878. The Morgan fingerprint density at radius 3 is 2.47 bits per heavy atom. The van der Waals surface area contributed by atoms with E-state index >= 15 is 0 Å². The first-order chi connectivity index (χ1) is 9.05. The predicted molar refractivity (Wildman–Crippen MR) is 78.4 cm³/mol. The molecule has 1 aromatic rings. The third-order valence-electron chi connectivity index (χ3n) is 4.26. The number of hydrogen-bond acceptors (Lipinski definition) is 2. The minimum absolute atomic E-state index is 0.136. The Morgan fingerprint density at radius 2 is 1.89 bits per heavy atom. The van der Waals surface area contributed by atoms with Crippen LogP contribution >= 0.6 is 0 Å². The highest BCUT2D eigenvalue weighted by Gasteiger charge is 2.36. The van der Waals surface area contributed by atoms with Crippen molar-refractivity contribution in [3.05, 3.63) is 29.8 Å². The van der Waals surface area contributed by atoms with E-state index in [1.807, 2.05) is 38.1 Å². The molecule has 1 aliphatic rings. The smallest absolute Gasteiger partial charge is 0.125 e. The zero-order valence-corrected chi connectivity index (χ0v) is 12.4. The molecule has 2 nitrogen and oxygen atoms in total. The molecule has 1 aliphatic carbocycles. The third-order valence-corrected chi connectivity index (χ3v) is 4.26. The molecule has 0 heterocycles. The molecule has 0 aliphatic heterocycles. The Balaban J connectivity index is 2.21. The van der Waals surface area contributed by atoms with Crippen molar-refractivity contribution in [2.24, 2.45) is 5.92 Å². The van der Waals surface area contributed by atoms with Gasteiger partial charge in [0.25, 0.3) is 0 Å². The molecule has 1 N–H and O–H groups in total. The first-order valence-electron chi connectivity index (χ1n) is 7.53. The summed E-state index contributed by atoms with van der Waals surface area (Å²) in [5.74, 6) is 1.62. The molecule has 1 saturated carbocycles. The lowest BCUT2D eigenvalue weighted by molar-refractivity contribution is -0.0172. The van der Waals surface area contributed by atoms with Gasteiger partial charge in [0.05, 0.1) is 11.7 Å². The maximum Gasteiger partial charge on any atom is 0.125 e. The second-order valence-electron chi connectivity index (χ2n) is 6.05. The second-order valence-corrected chi connectivity index (χ2v) is 6.05. The summed E-state index contributed by atoms with van der Waals surface area (Å²) >= 11 is 0. The molecule has 0 radical (unpaired) electrons. The van der Waals surface area contributed by atoms with E-state index in [1.54, 1.807) is 0 Å². The summed E-state index contributed by atoms with van der Waals surface area (Å²) in [7, 11) is 0. The van der Waals surface area contributed by atoms with Gasteiger partial charge >= 0.3 is 0 Å². The lowest BCUT2D eigenvalue weighted by Crippen LogP contribution is -2.32. The number of benzene rings is 1. The highest BCUT2D eigenvalue weighted by atomic mass is 16.5. The van der Waals surface area contributed by atoms with Crippen molar-refractivity contribution in [1.82, 2.24) is 0 Å². The lowest BCUT2D eigenvalue weighted by Gasteiger charge is -2.37. The molecular formula is C17H26O2. The van der Waals surface area contributed by atoms with Gasteiger partial charge in [0, 0.05) is 5.56 Å². The van der Waals surface area contributed by atoms with Crippen LogP contribution in [0.1, 0.15) is 58.4 Å². The maximum atomic E-state index is 11.0. The van der Waals surface area contributed by atoms with Gasteiger partial charge < -0.3 is 9.84 Å². The molecule has 1 fully saturated rings. The van der Waals surface area contributed by atoms with Crippen LogP contribution in [0.25, 0.3) is 0 Å². The Hall–Kier alpha value is -1.02. The van der Waals surface area contributed by atoms with Crippen molar-refractivity contribution in [2.45, 2.75) is 64.6 Å². The van der Waals surface area contributed by atoms with Crippen molar-refractivity contribution in [3.8, 4) is 5.75 Å². The molecule has 0 bridgehead atoms. The van der Waals surface area contributed by atoms with Gasteiger partial charge in [-0.1, -0.05) is 31.5 Å². The van der Waals surface area contributed by atoms with Gasteiger partial charge in [-0.15, -0.1) is 0 Å². The fourth-order valence-corrected chi connectivity index (χ4v) is 3.04. The molecular weight excluding hydrogens is 236 g/mol. The summed E-state index contributed by atoms with van der Waals surface area (Å²) in [6, 6.07) is 7.96. The summed E-state index contributed by atoms with van der Waals surface area (Å²) in [6.45, 7) is 6.29. The van der Waals surface area contributed by atoms with Gasteiger partial charge in [-0.25, -0.2) is 0 Å². The predicted octanol–water partition coefficient (Wildman–Crippen LogP) is 4.26. The van der Waals surface area contributed by atoms with Crippen LogP contribution in [-0.2, 0) is 5.60 Å². The molecule has 106 valence electrons. The van der Waals surface area contributed by atoms with Gasteiger partial charge in [-0.3, -0.25) is 0 Å². The van der Waals surface area contributed by atoms with Gasteiger partial charge in [0.1, 0.15) is 5.75 Å². The van der Waals surface area contributed by atoms with E-state index in [1.165, 1.54) is 6.42 Å². The van der Waals surface area contributed by atoms with E-state index in [9.17, 15) is 5.11 Å². The summed E-state index contributed by atoms with van der Waals surface area (Å²) in [5.41, 5.74) is 0.273. The Morgan fingerprint density at radius 1 is 1.26 bits per heavy atom. The van der Waals surface area contributed by atoms with Gasteiger partial charge in [-0.05, 0) is 51.5 Å². The Bertz CT molecular complexity index is 403. The SMILES string of the molecule is CCC1CCC(O)(c2ccccc2OC(C)C)CC1. The standard InChI is InChI=1S/C17H26O2/c1-4-14-9-11-17(18,12-10-14)15-7-5-6-8-16(15)19-13(2)3/h5-8,13-14,18H,4,9-12H2,1-3H3. The van der Waals surface area contributed by atoms with Crippen molar-refractivity contribution < 1.29 is 9.84 Å². The normalized spacial score (nSPS) is 27.5. The van der Waals surface area contributed by atoms with Crippen molar-refractivity contribution in [3.63, 3.8) is 0 Å². The molecule has 2 rings (SSSR count). The fraction of sp³-hybridized carbons (Fsp3) is 0.647. The van der Waals surface area contributed by atoms with Crippen LogP contribution in [0.15, 0.2) is 24.3 Å². The average Bonchev–Trinajstić information content (AvgIpc) is 2.39. The zero-order valence-electron chi connectivity index (χ0n) is 12.4. The summed E-state index contributed by atoms with van der Waals surface area (Å²) in [5, 5.41) is 11.0. The monoisotopic (exact) mass is 262 g/mol. The van der Waals surface area contributed by atoms with Gasteiger partial charge in [0.15, 0.2) is 0 Å². The number of rotatable bonds is 4. The zero-order chi connectivity index (χ0) is 13.9. The van der Waals surface area contributed by atoms with Crippen molar-refractivity contribution in [2.75, 3.05) is 0 Å². The minimum atomic E-state index is -0.697. The minimum Gasteiger partial charge on any atom is -0.491 e. The number of para-hydroxylation sites is 1. The third kappa shape index (κ3) is 3.30. The summed E-state index contributed by atoms with van der Waals surface area (Å²) in [6.07, 6.45) is 5.29. The van der Waals surface area contributed by atoms with Crippen molar-refractivity contribution in [1.29, 1.82) is 0 Å². The van der Waals surface area contributed by atoms with E-state index in [4.69, 9.17) is 4.74 Å². The largest absolute Gasteiger partial charge is 0.491 e. The van der Waals surface area contributed by atoms with Crippen LogP contribution in [0.3, 0.4) is 0 Å². The van der Waals surface area contributed by atoms with Crippen LogP contribution < -0.4 is 4.74 Å². The molecule has 0 aromatic heterocycles. The highest BCUT2D eigenvalue weighted by Crippen LogP contribution is 2.43. The van der Waals surface area contributed by atoms with E-state index in [0.29, 0.717) is 0 Å². The summed E-state index contributed by atoms with van der Waals surface area (Å²) < 4.78 is 5.86. The molecule has 0 spiro atoms. The van der Waals surface area contributed by atoms with Gasteiger partial charge in [-0.2, -0.15) is 0 Å². The second kappa shape index (κ2) is 5.96. The average molecular weight is 262 g/mol. The number of hydrogen-bond donors (Lipinski definition) is 1. The van der Waals surface area contributed by atoms with Gasteiger partial charge in [0.2, 0.25) is 0 Å². The van der Waals surface area contributed by atoms with E-state index in [2.05, 4.69) is 6.92 Å². The molecule has 1 aromatic carbocycles. The van der Waals surface area contributed by atoms with Crippen LogP contribution in [-0.4, -0.2) is 11.2 Å². The molecule has 0 atom stereocenters. The van der Waals surface area contributed by atoms with E-state index in [0.717, 1.165) is 42.9 Å². The first kappa shape index (κ1) is 14.4. The summed E-state index contributed by atoms with van der Waals surface area (Å²) in [4.78, 5) is 0. The Kier molecular flexibility index (Phi) is 4.51. The van der Waals surface area contributed by atoms with E-state index in [-0.39, 0.29) is 6.10 Å².